The molecule has 3 heterocycles. The Labute approximate surface area is 206 Å². The Morgan fingerprint density at radius 2 is 1.64 bits per heavy atom. The minimum Gasteiger partial charge on any atom is -0.388 e. The number of carbonyl (C=O) groups is 3. The first kappa shape index (κ1) is 22.0. The third kappa shape index (κ3) is 3.36. The Morgan fingerprint density at radius 3 is 2.47 bits per heavy atom. The summed E-state index contributed by atoms with van der Waals surface area (Å²) in [4.78, 5) is 47.2. The largest absolute Gasteiger partial charge is 0.388 e. The molecule has 2 aliphatic rings. The Bertz CT molecular complexity index is 1530. The van der Waals surface area contributed by atoms with Crippen LogP contribution in [0.5, 0.6) is 0 Å². The van der Waals surface area contributed by atoms with Crippen LogP contribution in [0.25, 0.3) is 11.0 Å². The van der Waals surface area contributed by atoms with Crippen LogP contribution in [0, 0.1) is 0 Å². The number of hydrogen-bond acceptors (Lipinski definition) is 5. The van der Waals surface area contributed by atoms with Crippen molar-refractivity contribution in [2.75, 3.05) is 18.0 Å². The number of benzene rings is 3. The molecular formula is C27H23N5O4. The van der Waals surface area contributed by atoms with Crippen LogP contribution in [0.15, 0.2) is 72.8 Å². The summed E-state index contributed by atoms with van der Waals surface area (Å²) in [5.74, 6) is -0.307. The lowest BCUT2D eigenvalue weighted by molar-refractivity contribution is -0.122. The van der Waals surface area contributed by atoms with E-state index in [2.05, 4.69) is 10.3 Å². The number of aliphatic hydroxyl groups is 1. The van der Waals surface area contributed by atoms with E-state index in [9.17, 15) is 19.5 Å². The van der Waals surface area contributed by atoms with E-state index in [4.69, 9.17) is 0 Å². The van der Waals surface area contributed by atoms with Gasteiger partial charge in [0, 0.05) is 24.2 Å². The minimum absolute atomic E-state index is 0.190. The summed E-state index contributed by atoms with van der Waals surface area (Å²) in [5, 5.41) is 12.6. The lowest BCUT2D eigenvalue weighted by Crippen LogP contribution is -2.51. The fourth-order valence-corrected chi connectivity index (χ4v) is 5.15. The van der Waals surface area contributed by atoms with Gasteiger partial charge in [0.05, 0.1) is 22.3 Å². The molecule has 0 bridgehead atoms. The lowest BCUT2D eigenvalue weighted by atomic mass is 10.0. The van der Waals surface area contributed by atoms with Gasteiger partial charge in [-0.05, 0) is 30.3 Å². The molecular weight excluding hydrogens is 458 g/mol. The highest BCUT2D eigenvalue weighted by Gasteiger charge is 2.47. The predicted octanol–water partition coefficient (Wildman–Crippen LogP) is 2.46. The van der Waals surface area contributed by atoms with E-state index >= 15 is 0 Å². The van der Waals surface area contributed by atoms with Gasteiger partial charge in [-0.2, -0.15) is 0 Å². The second-order valence-corrected chi connectivity index (χ2v) is 8.76. The maximum absolute atomic E-state index is 13.5. The SMILES string of the molecule is O=C(CN1C(=O)c2ccccc2N2C(=O)c3ccccc3[C@@H]12)NCCn1c(CO)nc2ccccc21. The van der Waals surface area contributed by atoms with Crippen molar-refractivity contribution in [3.8, 4) is 0 Å². The molecule has 0 saturated carbocycles. The average molecular weight is 482 g/mol. The third-order valence-corrected chi connectivity index (χ3v) is 6.73. The zero-order valence-corrected chi connectivity index (χ0v) is 19.3. The summed E-state index contributed by atoms with van der Waals surface area (Å²) >= 11 is 0. The second kappa shape index (κ2) is 8.62. The van der Waals surface area contributed by atoms with Crippen molar-refractivity contribution >= 4 is 34.4 Å². The van der Waals surface area contributed by atoms with Crippen LogP contribution in [-0.4, -0.2) is 50.4 Å². The minimum atomic E-state index is -0.680. The molecule has 3 aromatic carbocycles. The summed E-state index contributed by atoms with van der Waals surface area (Å²) in [6.45, 7) is 0.285. The van der Waals surface area contributed by atoms with Gasteiger partial charge in [-0.25, -0.2) is 4.98 Å². The maximum atomic E-state index is 13.5. The van der Waals surface area contributed by atoms with Crippen LogP contribution in [-0.2, 0) is 17.9 Å². The first-order chi connectivity index (χ1) is 17.6. The van der Waals surface area contributed by atoms with Crippen LogP contribution in [0.4, 0.5) is 5.69 Å². The topological polar surface area (TPSA) is 108 Å². The van der Waals surface area contributed by atoms with E-state index in [0.29, 0.717) is 34.7 Å². The zero-order chi connectivity index (χ0) is 24.8. The molecule has 1 aromatic heterocycles. The molecule has 4 aromatic rings. The molecule has 2 N–H and O–H groups in total. The number of amides is 3. The van der Waals surface area contributed by atoms with Crippen molar-refractivity contribution in [3.05, 3.63) is 95.3 Å². The Hall–Kier alpha value is -4.50. The quantitative estimate of drug-likeness (QED) is 0.440. The van der Waals surface area contributed by atoms with E-state index in [1.54, 1.807) is 41.3 Å². The third-order valence-electron chi connectivity index (χ3n) is 6.73. The zero-order valence-electron chi connectivity index (χ0n) is 19.3. The molecule has 9 nitrogen and oxygen atoms in total. The Balaban J connectivity index is 1.23. The molecule has 1 atom stereocenters. The number of aliphatic hydroxyl groups excluding tert-OH is 1. The number of nitrogens with zero attached hydrogens (tertiary/aromatic N) is 4. The van der Waals surface area contributed by atoms with E-state index in [0.717, 1.165) is 11.0 Å². The molecule has 0 fully saturated rings. The number of imidazole rings is 1. The summed E-state index contributed by atoms with van der Waals surface area (Å²) in [7, 11) is 0. The molecule has 36 heavy (non-hydrogen) atoms. The van der Waals surface area contributed by atoms with Gasteiger partial charge in [0.25, 0.3) is 11.8 Å². The first-order valence-electron chi connectivity index (χ1n) is 11.7. The average Bonchev–Trinajstić information content (AvgIpc) is 3.42. The molecule has 3 amide bonds. The van der Waals surface area contributed by atoms with Crippen molar-refractivity contribution in [2.24, 2.45) is 0 Å². The lowest BCUT2D eigenvalue weighted by Gasteiger charge is -2.40. The molecule has 0 unspecified atom stereocenters. The molecule has 0 radical (unpaired) electrons. The highest BCUT2D eigenvalue weighted by Crippen LogP contribution is 2.44. The van der Waals surface area contributed by atoms with Gasteiger partial charge in [0.1, 0.15) is 25.1 Å². The Kier molecular flexibility index (Phi) is 5.26. The fourth-order valence-electron chi connectivity index (χ4n) is 5.15. The summed E-state index contributed by atoms with van der Waals surface area (Å²) in [5.41, 5.74) is 3.82. The molecule has 9 heteroatoms. The molecule has 6 rings (SSSR count). The predicted molar refractivity (Wildman–Crippen MR) is 132 cm³/mol. The number of anilines is 1. The van der Waals surface area contributed by atoms with Crippen LogP contribution in [0.2, 0.25) is 0 Å². The molecule has 0 aliphatic carbocycles. The van der Waals surface area contributed by atoms with E-state index in [1.807, 2.05) is 41.0 Å². The normalized spacial score (nSPS) is 16.2. The number of aromatic nitrogens is 2. The summed E-state index contributed by atoms with van der Waals surface area (Å²) < 4.78 is 1.87. The monoisotopic (exact) mass is 481 g/mol. The number of carbonyl (C=O) groups excluding carboxylic acids is 3. The van der Waals surface area contributed by atoms with Crippen molar-refractivity contribution in [1.82, 2.24) is 19.8 Å². The summed E-state index contributed by atoms with van der Waals surface area (Å²) in [6, 6.07) is 21.7. The van der Waals surface area contributed by atoms with E-state index < -0.39 is 6.17 Å². The van der Waals surface area contributed by atoms with Crippen LogP contribution >= 0.6 is 0 Å². The highest BCUT2D eigenvalue weighted by atomic mass is 16.3. The number of hydrogen-bond donors (Lipinski definition) is 2. The van der Waals surface area contributed by atoms with E-state index in [1.165, 1.54) is 4.90 Å². The van der Waals surface area contributed by atoms with Crippen molar-refractivity contribution < 1.29 is 19.5 Å². The fraction of sp³-hybridized carbons (Fsp3) is 0.185. The highest BCUT2D eigenvalue weighted by molar-refractivity contribution is 6.17. The van der Waals surface area contributed by atoms with Gasteiger partial charge < -0.3 is 19.9 Å². The van der Waals surface area contributed by atoms with Crippen LogP contribution in [0.1, 0.15) is 38.3 Å². The van der Waals surface area contributed by atoms with Gasteiger partial charge >= 0.3 is 0 Å². The van der Waals surface area contributed by atoms with Gasteiger partial charge in [-0.1, -0.05) is 42.5 Å². The van der Waals surface area contributed by atoms with Gasteiger partial charge in [-0.15, -0.1) is 0 Å². The van der Waals surface area contributed by atoms with Crippen LogP contribution < -0.4 is 10.2 Å². The molecule has 0 spiro atoms. The molecule has 2 aliphatic heterocycles. The molecule has 0 saturated heterocycles. The van der Waals surface area contributed by atoms with Crippen molar-refractivity contribution in [2.45, 2.75) is 19.3 Å². The van der Waals surface area contributed by atoms with Crippen LogP contribution in [0.3, 0.4) is 0 Å². The van der Waals surface area contributed by atoms with Gasteiger partial charge in [-0.3, -0.25) is 19.3 Å². The first-order valence-corrected chi connectivity index (χ1v) is 11.7. The smallest absolute Gasteiger partial charge is 0.260 e. The van der Waals surface area contributed by atoms with Gasteiger partial charge in [0.2, 0.25) is 5.91 Å². The van der Waals surface area contributed by atoms with Gasteiger partial charge in [0.15, 0.2) is 0 Å². The number of rotatable bonds is 6. The van der Waals surface area contributed by atoms with Crippen molar-refractivity contribution in [3.63, 3.8) is 0 Å². The molecule has 180 valence electrons. The second-order valence-electron chi connectivity index (χ2n) is 8.76. The summed E-state index contributed by atoms with van der Waals surface area (Å²) in [6.07, 6.45) is -0.680. The Morgan fingerprint density at radius 1 is 0.917 bits per heavy atom. The maximum Gasteiger partial charge on any atom is 0.260 e. The van der Waals surface area contributed by atoms with E-state index in [-0.39, 0.29) is 37.4 Å². The number of para-hydroxylation sites is 3. The standard InChI is InChI=1S/C27H23N5O4/c33-16-23-29-20-10-4-6-12-22(20)30(23)14-13-28-24(34)15-31-25-17-7-1-2-8-18(17)27(36)32(25)21-11-5-3-9-19(21)26(31)35/h1-12,25,33H,13-16H2,(H,28,34)/t25-/m0/s1. The number of fused-ring (bicyclic) bond motifs is 6. The number of nitrogens with one attached hydrogen (secondary N) is 1. The van der Waals surface area contributed by atoms with Crippen molar-refractivity contribution in [1.29, 1.82) is 0 Å².